The molecule has 0 aliphatic rings. The minimum atomic E-state index is -1.02. The number of carbonyl (C=O) groups is 2. The summed E-state index contributed by atoms with van der Waals surface area (Å²) in [6, 6.07) is 6.12. The minimum absolute atomic E-state index is 0.173. The van der Waals surface area contributed by atoms with Gasteiger partial charge in [-0.05, 0) is 49.2 Å². The molecule has 108 valence electrons. The van der Waals surface area contributed by atoms with Crippen LogP contribution in [0.3, 0.4) is 0 Å². The van der Waals surface area contributed by atoms with Crippen LogP contribution in [0.25, 0.3) is 0 Å². The SMILES string of the molecule is Cc1cc(NC(=O)Nc2cccnc2)cc(C(=O)O)c1C. The Balaban J connectivity index is 2.16. The number of pyridine rings is 1. The molecular formula is C15H15N3O3. The minimum Gasteiger partial charge on any atom is -0.478 e. The third-order valence-corrected chi connectivity index (χ3v) is 3.08. The summed E-state index contributed by atoms with van der Waals surface area (Å²) < 4.78 is 0. The van der Waals surface area contributed by atoms with Crippen LogP contribution in [0.5, 0.6) is 0 Å². The number of amides is 2. The molecule has 2 aromatic rings. The number of benzene rings is 1. The van der Waals surface area contributed by atoms with Crippen LogP contribution in [0.15, 0.2) is 36.7 Å². The van der Waals surface area contributed by atoms with Gasteiger partial charge in [0.15, 0.2) is 0 Å². The third-order valence-electron chi connectivity index (χ3n) is 3.08. The van der Waals surface area contributed by atoms with Crippen molar-refractivity contribution >= 4 is 23.4 Å². The maximum absolute atomic E-state index is 11.9. The van der Waals surface area contributed by atoms with E-state index < -0.39 is 12.0 Å². The fourth-order valence-corrected chi connectivity index (χ4v) is 1.88. The predicted octanol–water partition coefficient (Wildman–Crippen LogP) is 3.04. The van der Waals surface area contributed by atoms with E-state index in [1.807, 2.05) is 0 Å². The first-order valence-corrected chi connectivity index (χ1v) is 6.30. The number of aryl methyl sites for hydroxylation is 1. The number of hydrogen-bond donors (Lipinski definition) is 3. The first kappa shape index (κ1) is 14.5. The molecule has 1 heterocycles. The van der Waals surface area contributed by atoms with E-state index >= 15 is 0 Å². The second-order valence-electron chi connectivity index (χ2n) is 4.59. The van der Waals surface area contributed by atoms with Gasteiger partial charge in [0.1, 0.15) is 0 Å². The van der Waals surface area contributed by atoms with Gasteiger partial charge in [-0.25, -0.2) is 9.59 Å². The molecule has 0 saturated carbocycles. The lowest BCUT2D eigenvalue weighted by Gasteiger charge is -2.11. The van der Waals surface area contributed by atoms with Gasteiger partial charge in [0.05, 0.1) is 17.4 Å². The zero-order valence-electron chi connectivity index (χ0n) is 11.7. The van der Waals surface area contributed by atoms with Crippen molar-refractivity contribution in [2.45, 2.75) is 13.8 Å². The van der Waals surface area contributed by atoms with Gasteiger partial charge in [-0.15, -0.1) is 0 Å². The van der Waals surface area contributed by atoms with Crippen molar-refractivity contribution in [2.75, 3.05) is 10.6 Å². The molecule has 0 aliphatic carbocycles. The zero-order chi connectivity index (χ0) is 15.4. The Bertz CT molecular complexity index is 684. The Morgan fingerprint density at radius 1 is 1.14 bits per heavy atom. The zero-order valence-corrected chi connectivity index (χ0v) is 11.7. The van der Waals surface area contributed by atoms with Crippen LogP contribution in [0.2, 0.25) is 0 Å². The lowest BCUT2D eigenvalue weighted by Crippen LogP contribution is -2.20. The molecule has 2 amide bonds. The van der Waals surface area contributed by atoms with E-state index in [-0.39, 0.29) is 5.56 Å². The normalized spacial score (nSPS) is 10.0. The molecule has 0 saturated heterocycles. The summed E-state index contributed by atoms with van der Waals surface area (Å²) in [5.74, 6) is -1.02. The fourth-order valence-electron chi connectivity index (χ4n) is 1.88. The standard InChI is InChI=1S/C15H15N3O3/c1-9-6-12(7-13(10(9)2)14(19)20)18-15(21)17-11-4-3-5-16-8-11/h3-8H,1-2H3,(H,19,20)(H2,17,18,21). The molecular weight excluding hydrogens is 270 g/mol. The molecule has 1 aromatic carbocycles. The largest absolute Gasteiger partial charge is 0.478 e. The molecule has 0 aliphatic heterocycles. The smallest absolute Gasteiger partial charge is 0.336 e. The molecule has 0 radical (unpaired) electrons. The number of aromatic nitrogens is 1. The number of nitrogens with one attached hydrogen (secondary N) is 2. The number of urea groups is 1. The van der Waals surface area contributed by atoms with Crippen LogP contribution < -0.4 is 10.6 Å². The first-order chi connectivity index (χ1) is 9.97. The summed E-state index contributed by atoms with van der Waals surface area (Å²) in [6.07, 6.45) is 3.12. The van der Waals surface area contributed by atoms with Gasteiger partial charge in [-0.2, -0.15) is 0 Å². The highest BCUT2D eigenvalue weighted by Gasteiger charge is 2.12. The number of nitrogens with zero attached hydrogens (tertiary/aromatic N) is 1. The average molecular weight is 285 g/mol. The van der Waals surface area contributed by atoms with Gasteiger partial charge < -0.3 is 15.7 Å². The lowest BCUT2D eigenvalue weighted by molar-refractivity contribution is 0.0696. The third kappa shape index (κ3) is 3.56. The van der Waals surface area contributed by atoms with E-state index in [4.69, 9.17) is 5.11 Å². The summed E-state index contributed by atoms with van der Waals surface area (Å²) in [7, 11) is 0. The van der Waals surface area contributed by atoms with E-state index in [0.29, 0.717) is 16.9 Å². The van der Waals surface area contributed by atoms with E-state index in [1.165, 1.54) is 12.3 Å². The number of carboxylic acid groups (broad SMARTS) is 1. The molecule has 3 N–H and O–H groups in total. The summed E-state index contributed by atoms with van der Waals surface area (Å²) in [4.78, 5) is 26.9. The first-order valence-electron chi connectivity index (χ1n) is 6.30. The van der Waals surface area contributed by atoms with Crippen LogP contribution in [0.1, 0.15) is 21.5 Å². The highest BCUT2D eigenvalue weighted by atomic mass is 16.4. The molecule has 0 bridgehead atoms. The fraction of sp³-hybridized carbons (Fsp3) is 0.133. The van der Waals surface area contributed by atoms with Crippen molar-refractivity contribution in [1.29, 1.82) is 0 Å². The molecule has 0 atom stereocenters. The molecule has 0 spiro atoms. The van der Waals surface area contributed by atoms with Gasteiger partial charge in [0.25, 0.3) is 0 Å². The summed E-state index contributed by atoms with van der Waals surface area (Å²) in [6.45, 7) is 3.53. The maximum Gasteiger partial charge on any atom is 0.336 e. The summed E-state index contributed by atoms with van der Waals surface area (Å²) >= 11 is 0. The molecule has 2 rings (SSSR count). The second kappa shape index (κ2) is 6.04. The van der Waals surface area contributed by atoms with Crippen molar-refractivity contribution in [1.82, 2.24) is 4.98 Å². The highest BCUT2D eigenvalue weighted by molar-refractivity contribution is 6.01. The maximum atomic E-state index is 11.9. The van der Waals surface area contributed by atoms with Crippen molar-refractivity contribution in [3.05, 3.63) is 53.3 Å². The van der Waals surface area contributed by atoms with E-state index in [2.05, 4.69) is 15.6 Å². The number of rotatable bonds is 3. The lowest BCUT2D eigenvalue weighted by atomic mass is 10.0. The Hall–Kier alpha value is -2.89. The predicted molar refractivity (Wildman–Crippen MR) is 79.8 cm³/mol. The highest BCUT2D eigenvalue weighted by Crippen LogP contribution is 2.20. The van der Waals surface area contributed by atoms with Crippen molar-refractivity contribution < 1.29 is 14.7 Å². The van der Waals surface area contributed by atoms with Crippen LogP contribution in [0, 0.1) is 13.8 Å². The van der Waals surface area contributed by atoms with Gasteiger partial charge in [-0.3, -0.25) is 4.98 Å². The molecule has 6 heteroatoms. The molecule has 0 fully saturated rings. The number of aromatic carboxylic acids is 1. The summed E-state index contributed by atoms with van der Waals surface area (Å²) in [5, 5.41) is 14.4. The van der Waals surface area contributed by atoms with Crippen LogP contribution in [-0.4, -0.2) is 22.1 Å². The Morgan fingerprint density at radius 2 is 1.86 bits per heavy atom. The molecule has 6 nitrogen and oxygen atoms in total. The van der Waals surface area contributed by atoms with Crippen LogP contribution >= 0.6 is 0 Å². The topological polar surface area (TPSA) is 91.3 Å². The van der Waals surface area contributed by atoms with E-state index in [0.717, 1.165) is 5.56 Å². The van der Waals surface area contributed by atoms with Crippen LogP contribution in [0.4, 0.5) is 16.2 Å². The quantitative estimate of drug-likeness (QED) is 0.808. The average Bonchev–Trinajstić information content (AvgIpc) is 2.43. The van der Waals surface area contributed by atoms with Gasteiger partial charge >= 0.3 is 12.0 Å². The monoisotopic (exact) mass is 285 g/mol. The number of carbonyl (C=O) groups excluding carboxylic acids is 1. The van der Waals surface area contributed by atoms with Crippen LogP contribution in [-0.2, 0) is 0 Å². The van der Waals surface area contributed by atoms with Crippen molar-refractivity contribution in [3.63, 3.8) is 0 Å². The molecule has 1 aromatic heterocycles. The Kier molecular flexibility index (Phi) is 4.18. The molecule has 0 unspecified atom stereocenters. The van der Waals surface area contributed by atoms with Gasteiger partial charge in [-0.1, -0.05) is 0 Å². The molecule has 21 heavy (non-hydrogen) atoms. The van der Waals surface area contributed by atoms with E-state index in [1.54, 1.807) is 38.2 Å². The number of carboxylic acids is 1. The summed E-state index contributed by atoms with van der Waals surface area (Å²) in [5.41, 5.74) is 2.63. The number of hydrogen-bond acceptors (Lipinski definition) is 3. The van der Waals surface area contributed by atoms with Gasteiger partial charge in [0, 0.05) is 11.9 Å². The second-order valence-corrected chi connectivity index (χ2v) is 4.59. The van der Waals surface area contributed by atoms with Crippen molar-refractivity contribution in [2.24, 2.45) is 0 Å². The van der Waals surface area contributed by atoms with Gasteiger partial charge in [0.2, 0.25) is 0 Å². The van der Waals surface area contributed by atoms with E-state index in [9.17, 15) is 9.59 Å². The number of anilines is 2. The Morgan fingerprint density at radius 3 is 2.48 bits per heavy atom. The van der Waals surface area contributed by atoms with Crippen molar-refractivity contribution in [3.8, 4) is 0 Å². The Labute approximate surface area is 121 Å².